The molecule has 2 aromatic rings. The number of rotatable bonds is 3. The molecule has 0 saturated heterocycles. The number of oxime groups is 1. The van der Waals surface area contributed by atoms with Gasteiger partial charge in [-0.2, -0.15) is 0 Å². The average Bonchev–Trinajstić information content (AvgIpc) is 2.49. The average molecular weight is 459 g/mol. The summed E-state index contributed by atoms with van der Waals surface area (Å²) in [6, 6.07) is 12.7. The van der Waals surface area contributed by atoms with E-state index in [9.17, 15) is 4.79 Å². The van der Waals surface area contributed by atoms with E-state index in [-0.39, 0.29) is 5.91 Å². The van der Waals surface area contributed by atoms with E-state index in [1.165, 1.54) is 0 Å². The summed E-state index contributed by atoms with van der Waals surface area (Å²) in [6.45, 7) is 1.70. The number of carbonyl (C=O) groups is 1. The van der Waals surface area contributed by atoms with Crippen LogP contribution in [0.15, 0.2) is 52.1 Å². The smallest absolute Gasteiger partial charge is 0.256 e. The lowest BCUT2D eigenvalue weighted by Gasteiger charge is -2.08. The molecule has 2 N–H and O–H groups in total. The highest BCUT2D eigenvalue weighted by Gasteiger charge is 2.11. The molecule has 0 aliphatic rings. The Morgan fingerprint density at radius 1 is 1.24 bits per heavy atom. The lowest BCUT2D eigenvalue weighted by Crippen LogP contribution is -2.13. The number of anilines is 1. The highest BCUT2D eigenvalue weighted by Crippen LogP contribution is 2.21. The Balaban J connectivity index is 2.18. The van der Waals surface area contributed by atoms with Gasteiger partial charge in [0, 0.05) is 13.7 Å². The second-order valence-corrected chi connectivity index (χ2v) is 6.44. The number of benzene rings is 2. The van der Waals surface area contributed by atoms with Crippen LogP contribution >= 0.6 is 38.5 Å². The summed E-state index contributed by atoms with van der Waals surface area (Å²) >= 11 is 5.54. The summed E-state index contributed by atoms with van der Waals surface area (Å²) in [6.07, 6.45) is 0. The fraction of sp³-hybridized carbons (Fsp3) is 0.0667. The normalized spacial score (nSPS) is 11.3. The summed E-state index contributed by atoms with van der Waals surface area (Å²) in [5, 5.41) is 14.7. The highest BCUT2D eigenvalue weighted by atomic mass is 127. The van der Waals surface area contributed by atoms with Gasteiger partial charge in [-0.3, -0.25) is 4.79 Å². The summed E-state index contributed by atoms with van der Waals surface area (Å²) in [7, 11) is 0. The number of amides is 1. The van der Waals surface area contributed by atoms with Crippen molar-refractivity contribution in [3.63, 3.8) is 0 Å². The van der Waals surface area contributed by atoms with Crippen LogP contribution in [0.5, 0.6) is 0 Å². The van der Waals surface area contributed by atoms with Crippen molar-refractivity contribution in [1.82, 2.24) is 0 Å². The SMILES string of the molecule is C/C(=N/O)c1ccc(NC(=O)c2cc(I)ccc2Br)cc1. The molecule has 2 aromatic carbocycles. The molecule has 6 heteroatoms. The maximum Gasteiger partial charge on any atom is 0.256 e. The molecule has 0 heterocycles. The van der Waals surface area contributed by atoms with Crippen LogP contribution in [0, 0.1) is 3.57 Å². The van der Waals surface area contributed by atoms with Crippen LogP contribution in [-0.2, 0) is 0 Å². The van der Waals surface area contributed by atoms with Crippen LogP contribution in [0.3, 0.4) is 0 Å². The van der Waals surface area contributed by atoms with Gasteiger partial charge in [0.05, 0.1) is 11.3 Å². The van der Waals surface area contributed by atoms with Crippen LogP contribution in [0.2, 0.25) is 0 Å². The van der Waals surface area contributed by atoms with Gasteiger partial charge in [0.1, 0.15) is 0 Å². The minimum Gasteiger partial charge on any atom is -0.411 e. The summed E-state index contributed by atoms with van der Waals surface area (Å²) in [5.74, 6) is -0.180. The predicted octanol–water partition coefficient (Wildman–Crippen LogP) is 4.50. The number of halogens is 2. The van der Waals surface area contributed by atoms with E-state index in [1.807, 2.05) is 18.2 Å². The van der Waals surface area contributed by atoms with E-state index in [2.05, 4.69) is 49.0 Å². The Bertz CT molecular complexity index is 699. The molecule has 0 saturated carbocycles. The summed E-state index contributed by atoms with van der Waals surface area (Å²) in [5.41, 5.74) is 2.58. The molecule has 4 nitrogen and oxygen atoms in total. The predicted molar refractivity (Wildman–Crippen MR) is 95.3 cm³/mol. The van der Waals surface area contributed by atoms with Gasteiger partial charge in [-0.25, -0.2) is 0 Å². The number of nitrogens with one attached hydrogen (secondary N) is 1. The van der Waals surface area contributed by atoms with E-state index in [0.717, 1.165) is 13.6 Å². The lowest BCUT2D eigenvalue weighted by atomic mass is 10.1. The zero-order chi connectivity index (χ0) is 15.4. The molecule has 1 amide bonds. The van der Waals surface area contributed by atoms with Gasteiger partial charge in [-0.05, 0) is 81.3 Å². The molecule has 0 aliphatic heterocycles. The largest absolute Gasteiger partial charge is 0.411 e. The molecule has 0 bridgehead atoms. The van der Waals surface area contributed by atoms with Crippen molar-refractivity contribution in [2.45, 2.75) is 6.92 Å². The van der Waals surface area contributed by atoms with Gasteiger partial charge in [0.25, 0.3) is 5.91 Å². The van der Waals surface area contributed by atoms with Crippen molar-refractivity contribution in [2.75, 3.05) is 5.32 Å². The first-order chi connectivity index (χ1) is 10.0. The molecule has 0 unspecified atom stereocenters. The molecular weight excluding hydrogens is 447 g/mol. The van der Waals surface area contributed by atoms with Crippen molar-refractivity contribution in [3.8, 4) is 0 Å². The molecule has 21 heavy (non-hydrogen) atoms. The third-order valence-electron chi connectivity index (χ3n) is 2.88. The first kappa shape index (κ1) is 16.0. The minimum absolute atomic E-state index is 0.180. The standard InChI is InChI=1S/C15H12BrIN2O2/c1-9(19-21)10-2-5-12(6-3-10)18-15(20)13-8-11(17)4-7-14(13)16/h2-8,21H,1H3,(H,18,20)/b19-9-. The van der Waals surface area contributed by atoms with Crippen LogP contribution < -0.4 is 5.32 Å². The number of nitrogens with zero attached hydrogens (tertiary/aromatic N) is 1. The molecule has 2 rings (SSSR count). The molecule has 108 valence electrons. The van der Waals surface area contributed by atoms with Crippen molar-refractivity contribution in [3.05, 3.63) is 61.6 Å². The quantitative estimate of drug-likeness (QED) is 0.308. The van der Waals surface area contributed by atoms with Gasteiger partial charge in [0.2, 0.25) is 0 Å². The second-order valence-electron chi connectivity index (χ2n) is 4.34. The van der Waals surface area contributed by atoms with Crippen LogP contribution in [0.4, 0.5) is 5.69 Å². The molecule has 0 atom stereocenters. The van der Waals surface area contributed by atoms with E-state index in [1.54, 1.807) is 31.2 Å². The van der Waals surface area contributed by atoms with E-state index >= 15 is 0 Å². The van der Waals surface area contributed by atoms with Crippen molar-refractivity contribution in [1.29, 1.82) is 0 Å². The maximum atomic E-state index is 12.3. The Kier molecular flexibility index (Phi) is 5.35. The van der Waals surface area contributed by atoms with Crippen molar-refractivity contribution in [2.24, 2.45) is 5.16 Å². The molecule has 0 aliphatic carbocycles. The third kappa shape index (κ3) is 4.04. The summed E-state index contributed by atoms with van der Waals surface area (Å²) < 4.78 is 1.74. The number of hydrogen-bond donors (Lipinski definition) is 2. The second kappa shape index (κ2) is 7.04. The molecular formula is C15H12BrIN2O2. The molecule has 0 spiro atoms. The van der Waals surface area contributed by atoms with E-state index in [0.29, 0.717) is 17.0 Å². The number of carbonyl (C=O) groups excluding carboxylic acids is 1. The van der Waals surface area contributed by atoms with E-state index < -0.39 is 0 Å². The van der Waals surface area contributed by atoms with Crippen molar-refractivity contribution < 1.29 is 10.0 Å². The first-order valence-electron chi connectivity index (χ1n) is 6.07. The zero-order valence-electron chi connectivity index (χ0n) is 11.1. The fourth-order valence-electron chi connectivity index (χ4n) is 1.72. The van der Waals surface area contributed by atoms with Crippen LogP contribution in [0.25, 0.3) is 0 Å². The molecule has 0 radical (unpaired) electrons. The Morgan fingerprint density at radius 3 is 2.52 bits per heavy atom. The van der Waals surface area contributed by atoms with Gasteiger partial charge in [0.15, 0.2) is 0 Å². The first-order valence-corrected chi connectivity index (χ1v) is 7.94. The molecule has 0 fully saturated rings. The topological polar surface area (TPSA) is 61.7 Å². The Morgan fingerprint density at radius 2 is 1.90 bits per heavy atom. The van der Waals surface area contributed by atoms with Crippen LogP contribution in [-0.4, -0.2) is 16.8 Å². The maximum absolute atomic E-state index is 12.3. The zero-order valence-corrected chi connectivity index (χ0v) is 14.8. The Labute approximate surface area is 144 Å². The van der Waals surface area contributed by atoms with Crippen LogP contribution in [0.1, 0.15) is 22.8 Å². The van der Waals surface area contributed by atoms with Gasteiger partial charge < -0.3 is 10.5 Å². The third-order valence-corrected chi connectivity index (χ3v) is 4.25. The van der Waals surface area contributed by atoms with Gasteiger partial charge >= 0.3 is 0 Å². The molecule has 0 aromatic heterocycles. The minimum atomic E-state index is -0.180. The fourth-order valence-corrected chi connectivity index (χ4v) is 2.64. The highest BCUT2D eigenvalue weighted by molar-refractivity contribution is 14.1. The number of hydrogen-bond acceptors (Lipinski definition) is 3. The van der Waals surface area contributed by atoms with Gasteiger partial charge in [-0.1, -0.05) is 17.3 Å². The van der Waals surface area contributed by atoms with Gasteiger partial charge in [-0.15, -0.1) is 0 Å². The monoisotopic (exact) mass is 458 g/mol. The van der Waals surface area contributed by atoms with Crippen molar-refractivity contribution >= 4 is 55.8 Å². The van der Waals surface area contributed by atoms with E-state index in [4.69, 9.17) is 5.21 Å². The summed E-state index contributed by atoms with van der Waals surface area (Å²) in [4.78, 5) is 12.3. The Hall–Kier alpha value is -1.41. The lowest BCUT2D eigenvalue weighted by molar-refractivity contribution is 0.102.